The number of carbonyl (C=O) groups is 1. The van der Waals surface area contributed by atoms with Crippen LogP contribution in [0.2, 0.25) is 0 Å². The Kier molecular flexibility index (Phi) is 7.07. The summed E-state index contributed by atoms with van der Waals surface area (Å²) < 4.78 is 41.4. The van der Waals surface area contributed by atoms with E-state index in [9.17, 15) is 9.90 Å². The Bertz CT molecular complexity index is 1230. The molecule has 0 spiro atoms. The maximum atomic E-state index is 15.1. The largest absolute Gasteiger partial charge is 0.486 e. The van der Waals surface area contributed by atoms with Gasteiger partial charge in [0.05, 0.1) is 6.04 Å². The first-order chi connectivity index (χ1) is 17.4. The van der Waals surface area contributed by atoms with Crippen LogP contribution in [0.1, 0.15) is 30.1 Å². The van der Waals surface area contributed by atoms with E-state index < -0.39 is 30.4 Å². The van der Waals surface area contributed by atoms with E-state index in [1.807, 2.05) is 24.3 Å². The molecule has 190 valence electrons. The summed E-state index contributed by atoms with van der Waals surface area (Å²) in [5.41, 5.74) is 0.846. The normalized spacial score (nSPS) is 17.6. The topological polar surface area (TPSA) is 71.0 Å². The molecule has 1 fully saturated rings. The van der Waals surface area contributed by atoms with Crippen LogP contribution in [0.25, 0.3) is 10.8 Å². The highest BCUT2D eigenvalue weighted by atomic mass is 19.3. The molecule has 0 saturated carbocycles. The number of aliphatic hydroxyl groups excluding tert-OH is 1. The summed E-state index contributed by atoms with van der Waals surface area (Å²) >= 11 is 0. The zero-order chi connectivity index (χ0) is 25.1. The molecule has 2 atom stereocenters. The van der Waals surface area contributed by atoms with Crippen LogP contribution in [-0.2, 0) is 11.2 Å². The first kappa shape index (κ1) is 24.5. The summed E-state index contributed by atoms with van der Waals surface area (Å²) in [6.45, 7) is 2.70. The van der Waals surface area contributed by atoms with Crippen LogP contribution in [0.5, 0.6) is 11.5 Å². The minimum absolute atomic E-state index is 0.271. The van der Waals surface area contributed by atoms with Crippen LogP contribution in [0.3, 0.4) is 0 Å². The number of fused-ring (bicyclic) bond motifs is 2. The lowest BCUT2D eigenvalue weighted by Gasteiger charge is -2.30. The average Bonchev–Trinajstić information content (AvgIpc) is 3.40. The summed E-state index contributed by atoms with van der Waals surface area (Å²) in [7, 11) is 0. The molecule has 36 heavy (non-hydrogen) atoms. The second-order valence-corrected chi connectivity index (χ2v) is 9.50. The fourth-order valence-corrected chi connectivity index (χ4v) is 4.90. The number of amides is 1. The Hall–Kier alpha value is -3.23. The molecule has 3 aromatic carbocycles. The minimum atomic E-state index is -3.64. The van der Waals surface area contributed by atoms with Gasteiger partial charge in [0.2, 0.25) is 0 Å². The lowest BCUT2D eigenvalue weighted by Crippen LogP contribution is -2.52. The van der Waals surface area contributed by atoms with Crippen molar-refractivity contribution in [3.8, 4) is 11.5 Å². The average molecular weight is 497 g/mol. The molecule has 0 aliphatic carbocycles. The number of hydrogen-bond donors (Lipinski definition) is 2. The molecular weight excluding hydrogens is 466 g/mol. The molecule has 2 N–H and O–H groups in total. The number of aliphatic hydroxyl groups is 1. The van der Waals surface area contributed by atoms with Crippen molar-refractivity contribution in [1.29, 1.82) is 0 Å². The highest BCUT2D eigenvalue weighted by molar-refractivity contribution is 5.85. The number of hydrogen-bond acceptors (Lipinski definition) is 5. The van der Waals surface area contributed by atoms with E-state index in [4.69, 9.17) is 9.47 Å². The number of halogens is 2. The van der Waals surface area contributed by atoms with Crippen molar-refractivity contribution >= 4 is 16.7 Å². The predicted octanol–water partition coefficient (Wildman–Crippen LogP) is 4.10. The first-order valence-electron chi connectivity index (χ1n) is 12.4. The third kappa shape index (κ3) is 5.44. The standard InChI is InChI=1S/C28H30F2N2O4/c29-28(30,17-19-7-8-20-5-1-2-6-21(20)15-19)27(34)31-23(18-32-11-3-4-12-32)26(33)22-9-10-24-25(16-22)36-14-13-35-24/h1-2,5-10,15-16,23,26,33H,3-4,11-14,17-18H2,(H,31,34). The number of alkyl halides is 2. The van der Waals surface area contributed by atoms with Crippen molar-refractivity contribution in [2.24, 2.45) is 0 Å². The van der Waals surface area contributed by atoms with Gasteiger partial charge in [0.15, 0.2) is 11.5 Å². The van der Waals surface area contributed by atoms with Gasteiger partial charge in [-0.3, -0.25) is 4.79 Å². The summed E-state index contributed by atoms with van der Waals surface area (Å²) in [5, 5.41) is 15.4. The Labute approximate surface area is 208 Å². The maximum absolute atomic E-state index is 15.1. The van der Waals surface area contributed by atoms with Crippen molar-refractivity contribution < 1.29 is 28.2 Å². The quantitative estimate of drug-likeness (QED) is 0.491. The molecule has 1 saturated heterocycles. The molecule has 5 rings (SSSR count). The van der Waals surface area contributed by atoms with Gasteiger partial charge in [-0.25, -0.2) is 0 Å². The van der Waals surface area contributed by atoms with E-state index in [0.29, 0.717) is 35.8 Å². The van der Waals surface area contributed by atoms with Gasteiger partial charge in [-0.05, 0) is 60.0 Å². The zero-order valence-electron chi connectivity index (χ0n) is 20.0. The Morgan fingerprint density at radius 3 is 2.47 bits per heavy atom. The highest BCUT2D eigenvalue weighted by Crippen LogP contribution is 2.34. The fraction of sp³-hybridized carbons (Fsp3) is 0.393. The lowest BCUT2D eigenvalue weighted by molar-refractivity contribution is -0.147. The smallest absolute Gasteiger partial charge is 0.328 e. The maximum Gasteiger partial charge on any atom is 0.328 e. The molecule has 2 unspecified atom stereocenters. The van der Waals surface area contributed by atoms with Crippen LogP contribution in [0.4, 0.5) is 8.78 Å². The molecule has 2 heterocycles. The number of rotatable bonds is 8. The second-order valence-electron chi connectivity index (χ2n) is 9.50. The SMILES string of the molecule is O=C(NC(CN1CCCC1)C(O)c1ccc2c(c1)OCCO2)C(F)(F)Cc1ccc2ccccc2c1. The van der Waals surface area contributed by atoms with Crippen LogP contribution < -0.4 is 14.8 Å². The molecule has 0 aromatic heterocycles. The van der Waals surface area contributed by atoms with Crippen molar-refractivity contribution in [3.05, 3.63) is 71.8 Å². The zero-order valence-corrected chi connectivity index (χ0v) is 20.0. The van der Waals surface area contributed by atoms with E-state index in [2.05, 4.69) is 10.2 Å². The number of carbonyl (C=O) groups excluding carboxylic acids is 1. The van der Waals surface area contributed by atoms with E-state index >= 15 is 8.78 Å². The summed E-state index contributed by atoms with van der Waals surface area (Å²) in [4.78, 5) is 14.9. The second kappa shape index (κ2) is 10.4. The highest BCUT2D eigenvalue weighted by Gasteiger charge is 2.41. The number of benzene rings is 3. The van der Waals surface area contributed by atoms with E-state index in [0.717, 1.165) is 36.7 Å². The first-order valence-corrected chi connectivity index (χ1v) is 12.4. The van der Waals surface area contributed by atoms with Crippen LogP contribution in [0, 0.1) is 0 Å². The van der Waals surface area contributed by atoms with Crippen LogP contribution in [-0.4, -0.2) is 60.7 Å². The summed E-state index contributed by atoms with van der Waals surface area (Å²) in [6.07, 6.45) is 0.0831. The van der Waals surface area contributed by atoms with Gasteiger partial charge < -0.3 is 24.8 Å². The Morgan fingerprint density at radius 2 is 1.69 bits per heavy atom. The van der Waals surface area contributed by atoms with Gasteiger partial charge in [0.1, 0.15) is 19.3 Å². The van der Waals surface area contributed by atoms with Gasteiger partial charge in [0.25, 0.3) is 5.91 Å². The lowest BCUT2D eigenvalue weighted by atomic mass is 9.99. The molecule has 6 nitrogen and oxygen atoms in total. The van der Waals surface area contributed by atoms with Gasteiger partial charge in [-0.2, -0.15) is 8.78 Å². The van der Waals surface area contributed by atoms with Gasteiger partial charge in [-0.15, -0.1) is 0 Å². The summed E-state index contributed by atoms with van der Waals surface area (Å²) in [6, 6.07) is 16.7. The van der Waals surface area contributed by atoms with Gasteiger partial charge >= 0.3 is 5.92 Å². The van der Waals surface area contributed by atoms with Crippen molar-refractivity contribution in [1.82, 2.24) is 10.2 Å². The predicted molar refractivity (Wildman–Crippen MR) is 133 cm³/mol. The molecule has 2 aliphatic rings. The minimum Gasteiger partial charge on any atom is -0.486 e. The molecule has 8 heteroatoms. The molecule has 0 bridgehead atoms. The van der Waals surface area contributed by atoms with Crippen LogP contribution >= 0.6 is 0 Å². The van der Waals surface area contributed by atoms with Crippen LogP contribution in [0.15, 0.2) is 60.7 Å². The molecule has 1 amide bonds. The third-order valence-electron chi connectivity index (χ3n) is 6.83. The molecule has 0 radical (unpaired) electrons. The Balaban J connectivity index is 1.33. The number of likely N-dealkylation sites (tertiary alicyclic amines) is 1. The van der Waals surface area contributed by atoms with Crippen molar-refractivity contribution in [2.45, 2.75) is 37.3 Å². The number of nitrogens with one attached hydrogen (secondary N) is 1. The number of nitrogens with zero attached hydrogens (tertiary/aromatic N) is 1. The number of ether oxygens (including phenoxy) is 2. The van der Waals surface area contributed by atoms with E-state index in [1.165, 1.54) is 0 Å². The summed E-state index contributed by atoms with van der Waals surface area (Å²) in [5.74, 6) is -3.97. The van der Waals surface area contributed by atoms with Crippen molar-refractivity contribution in [2.75, 3.05) is 32.8 Å². The fourth-order valence-electron chi connectivity index (χ4n) is 4.90. The van der Waals surface area contributed by atoms with Gasteiger partial charge in [0, 0.05) is 13.0 Å². The van der Waals surface area contributed by atoms with E-state index in [1.54, 1.807) is 36.4 Å². The molecule has 2 aliphatic heterocycles. The Morgan fingerprint density at radius 1 is 0.972 bits per heavy atom. The monoisotopic (exact) mass is 496 g/mol. The van der Waals surface area contributed by atoms with Gasteiger partial charge in [-0.1, -0.05) is 48.5 Å². The molecular formula is C28H30F2N2O4. The van der Waals surface area contributed by atoms with E-state index in [-0.39, 0.29) is 6.54 Å². The molecule has 3 aromatic rings. The third-order valence-corrected chi connectivity index (χ3v) is 6.83. The van der Waals surface area contributed by atoms with Crippen molar-refractivity contribution in [3.63, 3.8) is 0 Å².